The van der Waals surface area contributed by atoms with Gasteiger partial charge in [-0.3, -0.25) is 4.98 Å². The molecule has 2 rings (SSSR count). The lowest BCUT2D eigenvalue weighted by Crippen LogP contribution is -2.04. The largest absolute Gasteiger partial charge is 0.476 e. The van der Waals surface area contributed by atoms with Gasteiger partial charge in [-0.1, -0.05) is 17.7 Å². The van der Waals surface area contributed by atoms with Gasteiger partial charge in [-0.05, 0) is 23.8 Å². The van der Waals surface area contributed by atoms with E-state index in [0.717, 1.165) is 17.7 Å². The fourth-order valence-corrected chi connectivity index (χ4v) is 1.83. The van der Waals surface area contributed by atoms with Crippen molar-refractivity contribution in [2.24, 2.45) is 0 Å². The van der Waals surface area contributed by atoms with Crippen LogP contribution < -0.4 is 4.74 Å². The summed E-state index contributed by atoms with van der Waals surface area (Å²) >= 11 is 11.7. The third-order valence-electron chi connectivity index (χ3n) is 2.34. The number of hydrogen-bond donors (Lipinski definition) is 0. The Kier molecular flexibility index (Phi) is 4.79. The van der Waals surface area contributed by atoms with Crippen LogP contribution in [0, 0.1) is 0 Å². The molecule has 0 unspecified atom stereocenters. The topological polar surface area (TPSA) is 35.0 Å². The molecule has 0 radical (unpaired) electrons. The molecule has 0 aromatic carbocycles. The average Bonchev–Trinajstić information content (AvgIpc) is 2.42. The van der Waals surface area contributed by atoms with Gasteiger partial charge in [0, 0.05) is 30.4 Å². The van der Waals surface area contributed by atoms with Crippen LogP contribution in [0.3, 0.4) is 0 Å². The van der Waals surface area contributed by atoms with Crippen LogP contribution in [0.25, 0.3) is 0 Å². The smallest absolute Gasteiger partial charge is 0.232 e. The Hall–Kier alpha value is -1.32. The van der Waals surface area contributed by atoms with E-state index in [9.17, 15) is 0 Å². The SMILES string of the molecule is ClCc1cnc(OCCc2ccccn2)c(Cl)c1. The highest BCUT2D eigenvalue weighted by Crippen LogP contribution is 2.23. The number of halogens is 2. The van der Waals surface area contributed by atoms with Gasteiger partial charge in [0.05, 0.1) is 6.61 Å². The number of pyridine rings is 2. The van der Waals surface area contributed by atoms with Crippen LogP contribution in [0.4, 0.5) is 0 Å². The normalized spacial score (nSPS) is 10.3. The fourth-order valence-electron chi connectivity index (χ4n) is 1.44. The van der Waals surface area contributed by atoms with Crippen molar-refractivity contribution in [1.29, 1.82) is 0 Å². The highest BCUT2D eigenvalue weighted by molar-refractivity contribution is 6.32. The average molecular weight is 283 g/mol. The van der Waals surface area contributed by atoms with Crippen molar-refractivity contribution >= 4 is 23.2 Å². The van der Waals surface area contributed by atoms with Crippen LogP contribution in [-0.2, 0) is 12.3 Å². The van der Waals surface area contributed by atoms with Crippen molar-refractivity contribution in [2.75, 3.05) is 6.61 Å². The molecule has 0 bridgehead atoms. The van der Waals surface area contributed by atoms with Crippen LogP contribution in [0.5, 0.6) is 5.88 Å². The summed E-state index contributed by atoms with van der Waals surface area (Å²) in [6, 6.07) is 7.54. The minimum Gasteiger partial charge on any atom is -0.476 e. The van der Waals surface area contributed by atoms with E-state index >= 15 is 0 Å². The number of rotatable bonds is 5. The van der Waals surface area contributed by atoms with E-state index in [1.54, 1.807) is 18.5 Å². The van der Waals surface area contributed by atoms with Crippen molar-refractivity contribution < 1.29 is 4.74 Å². The molecule has 2 aromatic heterocycles. The molecular weight excluding hydrogens is 271 g/mol. The van der Waals surface area contributed by atoms with Gasteiger partial charge in [0.15, 0.2) is 0 Å². The summed E-state index contributed by atoms with van der Waals surface area (Å²) in [6.07, 6.45) is 4.14. The zero-order valence-corrected chi connectivity index (χ0v) is 11.2. The number of hydrogen-bond acceptors (Lipinski definition) is 3. The summed E-state index contributed by atoms with van der Waals surface area (Å²) in [6.45, 7) is 0.490. The molecule has 18 heavy (non-hydrogen) atoms. The summed E-state index contributed by atoms with van der Waals surface area (Å²) in [5, 5.41) is 0.481. The molecule has 2 heterocycles. The van der Waals surface area contributed by atoms with Crippen LogP contribution in [0.2, 0.25) is 5.02 Å². The van der Waals surface area contributed by atoms with Crippen molar-refractivity contribution in [2.45, 2.75) is 12.3 Å². The Labute approximate surface area is 116 Å². The Balaban J connectivity index is 1.91. The lowest BCUT2D eigenvalue weighted by Gasteiger charge is -2.07. The molecule has 0 atom stereocenters. The molecule has 0 fully saturated rings. The van der Waals surface area contributed by atoms with Crippen LogP contribution in [0.1, 0.15) is 11.3 Å². The van der Waals surface area contributed by atoms with Gasteiger partial charge in [0.1, 0.15) is 5.02 Å². The molecule has 3 nitrogen and oxygen atoms in total. The van der Waals surface area contributed by atoms with E-state index in [1.807, 2.05) is 18.2 Å². The number of aromatic nitrogens is 2. The van der Waals surface area contributed by atoms with Crippen LogP contribution in [0.15, 0.2) is 36.7 Å². The monoisotopic (exact) mass is 282 g/mol. The van der Waals surface area contributed by atoms with Crippen LogP contribution >= 0.6 is 23.2 Å². The maximum atomic E-state index is 6.03. The second-order valence-electron chi connectivity index (χ2n) is 3.68. The second-order valence-corrected chi connectivity index (χ2v) is 4.36. The Bertz CT molecular complexity index is 506. The first-order valence-electron chi connectivity index (χ1n) is 5.52. The minimum absolute atomic E-state index is 0.390. The highest BCUT2D eigenvalue weighted by atomic mass is 35.5. The van der Waals surface area contributed by atoms with Gasteiger partial charge in [-0.25, -0.2) is 4.98 Å². The first kappa shape index (κ1) is 13.1. The van der Waals surface area contributed by atoms with Gasteiger partial charge < -0.3 is 4.74 Å². The van der Waals surface area contributed by atoms with Gasteiger partial charge >= 0.3 is 0 Å². The Morgan fingerprint density at radius 1 is 1.22 bits per heavy atom. The maximum absolute atomic E-state index is 6.03. The van der Waals surface area contributed by atoms with E-state index < -0.39 is 0 Å². The zero-order chi connectivity index (χ0) is 12.8. The fraction of sp³-hybridized carbons (Fsp3) is 0.231. The number of alkyl halides is 1. The van der Waals surface area contributed by atoms with Gasteiger partial charge in [0.25, 0.3) is 0 Å². The summed E-state index contributed by atoms with van der Waals surface area (Å²) < 4.78 is 5.51. The Morgan fingerprint density at radius 2 is 2.11 bits per heavy atom. The van der Waals surface area contributed by atoms with E-state index in [0.29, 0.717) is 23.4 Å². The third kappa shape index (κ3) is 3.59. The predicted octanol–water partition coefficient (Wildman–Crippen LogP) is 3.49. The maximum Gasteiger partial charge on any atom is 0.232 e. The minimum atomic E-state index is 0.390. The second kappa shape index (κ2) is 6.57. The molecule has 0 saturated heterocycles. The van der Waals surface area contributed by atoms with Gasteiger partial charge in [0.2, 0.25) is 5.88 Å². The lowest BCUT2D eigenvalue weighted by atomic mass is 10.3. The molecule has 0 spiro atoms. The molecule has 2 aromatic rings. The van der Waals surface area contributed by atoms with Crippen molar-refractivity contribution in [3.05, 3.63) is 52.9 Å². The molecule has 0 N–H and O–H groups in total. The third-order valence-corrected chi connectivity index (χ3v) is 2.92. The highest BCUT2D eigenvalue weighted by Gasteiger charge is 2.04. The lowest BCUT2D eigenvalue weighted by molar-refractivity contribution is 0.308. The summed E-state index contributed by atoms with van der Waals surface area (Å²) in [4.78, 5) is 8.33. The molecule has 5 heteroatoms. The zero-order valence-electron chi connectivity index (χ0n) is 9.64. The molecule has 0 amide bonds. The van der Waals surface area contributed by atoms with Crippen molar-refractivity contribution in [1.82, 2.24) is 9.97 Å². The predicted molar refractivity (Wildman–Crippen MR) is 72.2 cm³/mol. The standard InChI is InChI=1S/C13H12Cl2N2O/c14-8-10-7-12(15)13(17-9-10)18-6-4-11-3-1-2-5-16-11/h1-3,5,7,9H,4,6,8H2. The molecule has 0 aliphatic carbocycles. The van der Waals surface area contributed by atoms with Gasteiger partial charge in [-0.15, -0.1) is 11.6 Å². The molecular formula is C13H12Cl2N2O. The molecule has 94 valence electrons. The van der Waals surface area contributed by atoms with Crippen molar-refractivity contribution in [3.63, 3.8) is 0 Å². The molecule has 0 aliphatic heterocycles. The summed E-state index contributed by atoms with van der Waals surface area (Å²) in [5.41, 5.74) is 1.85. The number of ether oxygens (including phenoxy) is 1. The molecule has 0 aliphatic rings. The Morgan fingerprint density at radius 3 is 2.78 bits per heavy atom. The number of nitrogens with zero attached hydrogens (tertiary/aromatic N) is 2. The van der Waals surface area contributed by atoms with Gasteiger partial charge in [-0.2, -0.15) is 0 Å². The molecule has 0 saturated carbocycles. The summed E-state index contributed by atoms with van der Waals surface area (Å²) in [7, 11) is 0. The first-order valence-corrected chi connectivity index (χ1v) is 6.44. The van der Waals surface area contributed by atoms with Crippen LogP contribution in [-0.4, -0.2) is 16.6 Å². The van der Waals surface area contributed by atoms with E-state index in [2.05, 4.69) is 9.97 Å². The first-order chi connectivity index (χ1) is 8.79. The van der Waals surface area contributed by atoms with E-state index in [-0.39, 0.29) is 0 Å². The van der Waals surface area contributed by atoms with E-state index in [1.165, 1.54) is 0 Å². The quantitative estimate of drug-likeness (QED) is 0.788. The van der Waals surface area contributed by atoms with E-state index in [4.69, 9.17) is 27.9 Å². The summed E-state index contributed by atoms with van der Waals surface area (Å²) in [5.74, 6) is 0.822. The van der Waals surface area contributed by atoms with Crippen molar-refractivity contribution in [3.8, 4) is 5.88 Å².